The van der Waals surface area contributed by atoms with Crippen LogP contribution in [0.3, 0.4) is 0 Å². The number of carbonyl (C=O) groups is 3. The first-order valence-electron chi connectivity index (χ1n) is 8.88. The number of halogens is 4. The van der Waals surface area contributed by atoms with Crippen molar-refractivity contribution in [2.45, 2.75) is 25.9 Å². The summed E-state index contributed by atoms with van der Waals surface area (Å²) >= 11 is 5.99. The zero-order chi connectivity index (χ0) is 21.6. The number of ether oxygens (including phenoxy) is 1. The SMILES string of the molecule is Cc1c(Cl)cccc1NC(=O)CNC(=O)C1CCN(C(=O)OCC(F)(F)F)CC1. The second kappa shape index (κ2) is 9.82. The van der Waals surface area contributed by atoms with E-state index in [9.17, 15) is 27.6 Å². The summed E-state index contributed by atoms with van der Waals surface area (Å²) in [6.45, 7) is 0.0709. The monoisotopic (exact) mass is 435 g/mol. The Morgan fingerprint density at radius 1 is 1.24 bits per heavy atom. The van der Waals surface area contributed by atoms with E-state index in [1.54, 1.807) is 25.1 Å². The van der Waals surface area contributed by atoms with E-state index in [0.29, 0.717) is 16.3 Å². The summed E-state index contributed by atoms with van der Waals surface area (Å²) in [6, 6.07) is 5.07. The van der Waals surface area contributed by atoms with Crippen LogP contribution in [-0.4, -0.2) is 55.2 Å². The molecule has 0 aromatic heterocycles. The fourth-order valence-electron chi connectivity index (χ4n) is 2.81. The maximum absolute atomic E-state index is 12.2. The molecule has 1 fully saturated rings. The van der Waals surface area contributed by atoms with E-state index < -0.39 is 30.7 Å². The van der Waals surface area contributed by atoms with Gasteiger partial charge in [0.2, 0.25) is 11.8 Å². The van der Waals surface area contributed by atoms with E-state index in [1.807, 2.05) is 0 Å². The smallest absolute Gasteiger partial charge is 0.422 e. The molecule has 3 amide bonds. The van der Waals surface area contributed by atoms with E-state index in [0.717, 1.165) is 4.90 Å². The van der Waals surface area contributed by atoms with Gasteiger partial charge in [-0.2, -0.15) is 13.2 Å². The molecular weight excluding hydrogens is 415 g/mol. The highest BCUT2D eigenvalue weighted by molar-refractivity contribution is 6.31. The zero-order valence-electron chi connectivity index (χ0n) is 15.6. The Hall–Kier alpha value is -2.49. The molecule has 1 heterocycles. The molecule has 1 aromatic carbocycles. The van der Waals surface area contributed by atoms with E-state index >= 15 is 0 Å². The van der Waals surface area contributed by atoms with Crippen LogP contribution in [0.5, 0.6) is 0 Å². The fraction of sp³-hybridized carbons (Fsp3) is 0.500. The number of likely N-dealkylation sites (tertiary alicyclic amines) is 1. The zero-order valence-corrected chi connectivity index (χ0v) is 16.4. The van der Waals surface area contributed by atoms with Crippen LogP contribution in [0.15, 0.2) is 18.2 Å². The molecule has 0 atom stereocenters. The molecule has 1 aromatic rings. The van der Waals surface area contributed by atoms with Gasteiger partial charge in [-0.3, -0.25) is 9.59 Å². The van der Waals surface area contributed by atoms with Crippen LogP contribution in [0.4, 0.5) is 23.7 Å². The van der Waals surface area contributed by atoms with Gasteiger partial charge >= 0.3 is 12.3 Å². The molecule has 1 saturated heterocycles. The standard InChI is InChI=1S/C18H21ClF3N3O4/c1-11-13(19)3-2-4-14(11)24-15(26)9-23-16(27)12-5-7-25(8-6-12)17(28)29-10-18(20,21)22/h2-4,12H,5-10H2,1H3,(H,23,27)(H,24,26). The van der Waals surface area contributed by atoms with Gasteiger partial charge in [0, 0.05) is 29.7 Å². The molecule has 2 N–H and O–H groups in total. The van der Waals surface area contributed by atoms with Crippen LogP contribution in [0.25, 0.3) is 0 Å². The van der Waals surface area contributed by atoms with Crippen molar-refractivity contribution in [3.8, 4) is 0 Å². The molecule has 0 bridgehead atoms. The molecule has 0 spiro atoms. The number of hydrogen-bond acceptors (Lipinski definition) is 4. The van der Waals surface area contributed by atoms with Gasteiger partial charge in [-0.15, -0.1) is 0 Å². The maximum atomic E-state index is 12.2. The Balaban J connectivity index is 1.73. The van der Waals surface area contributed by atoms with Crippen LogP contribution >= 0.6 is 11.6 Å². The quantitative estimate of drug-likeness (QED) is 0.744. The first kappa shape index (κ1) is 22.8. The predicted molar refractivity (Wildman–Crippen MR) is 99.5 cm³/mol. The van der Waals surface area contributed by atoms with E-state index in [1.165, 1.54) is 0 Å². The number of anilines is 1. The average molecular weight is 436 g/mol. The number of piperidine rings is 1. The molecule has 0 aliphatic carbocycles. The van der Waals surface area contributed by atoms with Crippen molar-refractivity contribution < 1.29 is 32.3 Å². The van der Waals surface area contributed by atoms with Crippen LogP contribution < -0.4 is 10.6 Å². The molecule has 1 aliphatic heterocycles. The average Bonchev–Trinajstić information content (AvgIpc) is 2.67. The fourth-order valence-corrected chi connectivity index (χ4v) is 2.98. The van der Waals surface area contributed by atoms with Gasteiger partial charge in [-0.05, 0) is 37.5 Å². The van der Waals surface area contributed by atoms with Gasteiger partial charge < -0.3 is 20.3 Å². The number of benzene rings is 1. The molecule has 160 valence electrons. The van der Waals surface area contributed by atoms with Crippen molar-refractivity contribution in [2.75, 3.05) is 31.6 Å². The van der Waals surface area contributed by atoms with Gasteiger partial charge in [0.05, 0.1) is 6.54 Å². The molecule has 0 saturated carbocycles. The first-order valence-corrected chi connectivity index (χ1v) is 9.25. The van der Waals surface area contributed by atoms with Gasteiger partial charge in [0.15, 0.2) is 6.61 Å². The molecule has 2 rings (SSSR count). The highest BCUT2D eigenvalue weighted by Crippen LogP contribution is 2.23. The van der Waals surface area contributed by atoms with Crippen molar-refractivity contribution >= 4 is 35.2 Å². The minimum atomic E-state index is -4.59. The van der Waals surface area contributed by atoms with Crippen LogP contribution in [-0.2, 0) is 14.3 Å². The number of hydrogen-bond donors (Lipinski definition) is 2. The summed E-state index contributed by atoms with van der Waals surface area (Å²) in [5, 5.41) is 5.69. The Bertz CT molecular complexity index is 765. The van der Waals surface area contributed by atoms with Crippen LogP contribution in [0.1, 0.15) is 18.4 Å². The second-order valence-corrected chi connectivity index (χ2v) is 7.02. The Morgan fingerprint density at radius 3 is 2.52 bits per heavy atom. The number of alkyl halides is 3. The maximum Gasteiger partial charge on any atom is 0.422 e. The number of carbonyl (C=O) groups excluding carboxylic acids is 3. The van der Waals surface area contributed by atoms with Gasteiger partial charge in [-0.1, -0.05) is 17.7 Å². The summed E-state index contributed by atoms with van der Waals surface area (Å²) in [6.07, 6.45) is -5.11. The van der Waals surface area contributed by atoms with Crippen molar-refractivity contribution in [1.82, 2.24) is 10.2 Å². The summed E-state index contributed by atoms with van der Waals surface area (Å²) in [4.78, 5) is 37.0. The van der Waals surface area contributed by atoms with Gasteiger partial charge in [-0.25, -0.2) is 4.79 Å². The van der Waals surface area contributed by atoms with Gasteiger partial charge in [0.25, 0.3) is 0 Å². The topological polar surface area (TPSA) is 87.7 Å². The van der Waals surface area contributed by atoms with Crippen molar-refractivity contribution in [2.24, 2.45) is 5.92 Å². The van der Waals surface area contributed by atoms with Gasteiger partial charge in [0.1, 0.15) is 0 Å². The van der Waals surface area contributed by atoms with Crippen molar-refractivity contribution in [1.29, 1.82) is 0 Å². The van der Waals surface area contributed by atoms with Crippen LogP contribution in [0.2, 0.25) is 5.02 Å². The molecule has 11 heteroatoms. The minimum absolute atomic E-state index is 0.0999. The summed E-state index contributed by atoms with van der Waals surface area (Å²) in [5.74, 6) is -1.22. The van der Waals surface area contributed by atoms with E-state index in [4.69, 9.17) is 11.6 Å². The lowest BCUT2D eigenvalue weighted by molar-refractivity contribution is -0.162. The molecule has 29 heavy (non-hydrogen) atoms. The molecule has 7 nitrogen and oxygen atoms in total. The molecule has 1 aliphatic rings. The second-order valence-electron chi connectivity index (χ2n) is 6.61. The molecule has 0 unspecified atom stereocenters. The third-order valence-corrected chi connectivity index (χ3v) is 4.86. The third kappa shape index (κ3) is 7.12. The molecular formula is C18H21ClF3N3O4. The highest BCUT2D eigenvalue weighted by Gasteiger charge is 2.33. The highest BCUT2D eigenvalue weighted by atomic mass is 35.5. The number of amides is 3. The third-order valence-electron chi connectivity index (χ3n) is 4.45. The van der Waals surface area contributed by atoms with Crippen molar-refractivity contribution in [3.05, 3.63) is 28.8 Å². The van der Waals surface area contributed by atoms with Crippen molar-refractivity contribution in [3.63, 3.8) is 0 Å². The Kier molecular flexibility index (Phi) is 7.72. The summed E-state index contributed by atoms with van der Waals surface area (Å²) in [7, 11) is 0. The van der Waals surface area contributed by atoms with E-state index in [2.05, 4.69) is 15.4 Å². The van der Waals surface area contributed by atoms with E-state index in [-0.39, 0.29) is 38.4 Å². The lowest BCUT2D eigenvalue weighted by Gasteiger charge is -2.30. The number of rotatable bonds is 5. The normalized spacial score (nSPS) is 15.0. The number of nitrogens with zero attached hydrogens (tertiary/aromatic N) is 1. The largest absolute Gasteiger partial charge is 0.440 e. The molecule has 0 radical (unpaired) electrons. The first-order chi connectivity index (χ1) is 13.6. The summed E-state index contributed by atoms with van der Waals surface area (Å²) in [5.41, 5.74) is 1.25. The predicted octanol–water partition coefficient (Wildman–Crippen LogP) is 3.11. The lowest BCUT2D eigenvalue weighted by atomic mass is 9.96. The summed E-state index contributed by atoms with van der Waals surface area (Å²) < 4.78 is 40.5. The van der Waals surface area contributed by atoms with Crippen LogP contribution in [0, 0.1) is 12.8 Å². The lowest BCUT2D eigenvalue weighted by Crippen LogP contribution is -2.45. The number of nitrogens with one attached hydrogen (secondary N) is 2. The minimum Gasteiger partial charge on any atom is -0.440 e. The Labute approximate surface area is 170 Å². The Morgan fingerprint density at radius 2 is 1.90 bits per heavy atom.